The summed E-state index contributed by atoms with van der Waals surface area (Å²) in [5.74, 6) is -1.54. The van der Waals surface area contributed by atoms with Crippen LogP contribution in [-0.4, -0.2) is 83.1 Å². The van der Waals surface area contributed by atoms with E-state index in [2.05, 4.69) is 17.1 Å². The third kappa shape index (κ3) is 9.96. The van der Waals surface area contributed by atoms with Crippen LogP contribution in [0.25, 0.3) is 0 Å². The Labute approximate surface area is 136 Å². The van der Waals surface area contributed by atoms with Crippen molar-refractivity contribution in [2.24, 2.45) is 0 Å². The van der Waals surface area contributed by atoms with Crippen molar-refractivity contribution >= 4 is 24.8 Å². The molecule has 0 aromatic carbocycles. The summed E-state index contributed by atoms with van der Waals surface area (Å²) < 4.78 is 4.42. The maximum atomic E-state index is 11.7. The number of aliphatic hydroxyl groups excluding tert-OH is 1. The first-order valence-corrected chi connectivity index (χ1v) is 7.46. The Morgan fingerprint density at radius 3 is 2.27 bits per heavy atom. The van der Waals surface area contributed by atoms with Crippen molar-refractivity contribution in [3.63, 3.8) is 0 Å². The van der Waals surface area contributed by atoms with Crippen molar-refractivity contribution in [3.8, 4) is 0 Å². The minimum atomic E-state index is -1.29. The summed E-state index contributed by atoms with van der Waals surface area (Å²) in [4.78, 5) is 26.0. The van der Waals surface area contributed by atoms with Gasteiger partial charge >= 0.3 is 11.9 Å². The highest BCUT2D eigenvalue weighted by atomic mass is 32.1. The van der Waals surface area contributed by atoms with Gasteiger partial charge in [-0.15, -0.1) is 0 Å². The highest BCUT2D eigenvalue weighted by molar-refractivity contribution is 7.75. The second kappa shape index (κ2) is 11.7. The molecule has 3 N–H and O–H groups in total. The van der Waals surface area contributed by atoms with Crippen molar-refractivity contribution in [3.05, 3.63) is 0 Å². The Balaban J connectivity index is 4.22. The molecule has 0 aromatic rings. The number of hydrogen-bond acceptors (Lipinski definition) is 8. The second-order valence-electron chi connectivity index (χ2n) is 5.27. The first-order chi connectivity index (χ1) is 10.3. The monoisotopic (exact) mass is 338 g/mol. The number of hydrogen-bond donors (Lipinski definition) is 4. The minimum absolute atomic E-state index is 0.123. The summed E-state index contributed by atoms with van der Waals surface area (Å²) >= 11 is 3.49. The maximum absolute atomic E-state index is 11.7. The van der Waals surface area contributed by atoms with E-state index in [0.717, 1.165) is 0 Å². The quantitative estimate of drug-likeness (QED) is 0.215. The Bertz CT molecular complexity index is 342. The van der Waals surface area contributed by atoms with Gasteiger partial charge in [0.1, 0.15) is 6.04 Å². The molecular weight excluding hydrogens is 312 g/mol. The Kier molecular flexibility index (Phi) is 11.2. The first kappa shape index (κ1) is 21.1. The zero-order valence-corrected chi connectivity index (χ0v) is 13.9. The van der Waals surface area contributed by atoms with Gasteiger partial charge in [0.25, 0.3) is 0 Å². The van der Waals surface area contributed by atoms with Gasteiger partial charge in [-0.05, 0) is 39.9 Å². The lowest BCUT2D eigenvalue weighted by molar-refractivity contribution is -0.140. The van der Waals surface area contributed by atoms with E-state index < -0.39 is 24.3 Å². The Morgan fingerprint density at radius 1 is 1.14 bits per heavy atom. The zero-order valence-electron chi connectivity index (χ0n) is 13.0. The van der Waals surface area contributed by atoms with Gasteiger partial charge in [-0.1, -0.05) is 0 Å². The number of carboxylic acid groups (broad SMARTS) is 1. The van der Waals surface area contributed by atoms with Crippen LogP contribution in [0.4, 0.5) is 0 Å². The molecule has 0 amide bonds. The van der Waals surface area contributed by atoms with Crippen LogP contribution < -0.4 is 0 Å². The van der Waals surface area contributed by atoms with Gasteiger partial charge in [-0.25, -0.2) is 4.79 Å². The van der Waals surface area contributed by atoms with Gasteiger partial charge in [0, 0.05) is 32.4 Å². The topological polar surface area (TPSA) is 111 Å². The molecule has 0 saturated heterocycles. The van der Waals surface area contributed by atoms with Gasteiger partial charge in [0.05, 0.1) is 0 Å². The third-order valence-corrected chi connectivity index (χ3v) is 3.54. The number of carbonyl (C=O) groups is 2. The molecule has 130 valence electrons. The van der Waals surface area contributed by atoms with Crippen molar-refractivity contribution in [1.29, 1.82) is 0 Å². The largest absolute Gasteiger partial charge is 0.481 e. The molecule has 22 heavy (non-hydrogen) atoms. The summed E-state index contributed by atoms with van der Waals surface area (Å²) in [5.41, 5.74) is 0. The van der Waals surface area contributed by atoms with E-state index in [9.17, 15) is 9.59 Å². The number of aliphatic hydroxyl groups is 2. The van der Waals surface area contributed by atoms with Gasteiger partial charge in [-0.2, -0.15) is 0 Å². The summed E-state index contributed by atoms with van der Waals surface area (Å²) in [7, 11) is 3.61. The highest BCUT2D eigenvalue weighted by Gasteiger charge is 2.25. The maximum Gasteiger partial charge on any atom is 0.335 e. The van der Waals surface area contributed by atoms with E-state index in [1.54, 1.807) is 11.9 Å². The molecule has 0 bridgehead atoms. The second-order valence-corrected chi connectivity index (χ2v) is 5.45. The smallest absolute Gasteiger partial charge is 0.335 e. The van der Waals surface area contributed by atoms with Crippen molar-refractivity contribution in [2.75, 3.05) is 33.7 Å². The van der Waals surface area contributed by atoms with Crippen LogP contribution in [0.2, 0.25) is 0 Å². The van der Waals surface area contributed by atoms with Gasteiger partial charge in [-0.3, -0.25) is 9.69 Å². The van der Waals surface area contributed by atoms with Crippen LogP contribution in [0.15, 0.2) is 0 Å². The van der Waals surface area contributed by atoms with E-state index in [-0.39, 0.29) is 12.8 Å². The van der Waals surface area contributed by atoms with Crippen LogP contribution in [0.1, 0.15) is 25.7 Å². The Morgan fingerprint density at radius 2 is 1.77 bits per heavy atom. The van der Waals surface area contributed by atoms with E-state index in [1.165, 1.54) is 0 Å². The zero-order chi connectivity index (χ0) is 17.1. The SMILES string of the molecule is CN(CCCC(O)O)CCN(C)C(CCC(=O)O)C(=O)OS. The standard InChI is InChI=1S/C13H26N2O6S/c1-14(7-3-4-11(16)17)8-9-15(2)10(13(20)21-22)5-6-12(18)19/h10-11,16-17,22H,3-9H2,1-2H3,(H,18,19). The van der Waals surface area contributed by atoms with Gasteiger partial charge in [0.2, 0.25) is 0 Å². The lowest BCUT2D eigenvalue weighted by Gasteiger charge is -2.27. The van der Waals surface area contributed by atoms with Gasteiger partial charge < -0.3 is 24.4 Å². The van der Waals surface area contributed by atoms with Crippen LogP contribution in [0.5, 0.6) is 0 Å². The number of nitrogens with zero attached hydrogens (tertiary/aromatic N) is 2. The lowest BCUT2D eigenvalue weighted by Crippen LogP contribution is -2.42. The number of thiol groups is 1. The van der Waals surface area contributed by atoms with Crippen LogP contribution in [0.3, 0.4) is 0 Å². The molecule has 0 rings (SSSR count). The first-order valence-electron chi connectivity index (χ1n) is 7.09. The summed E-state index contributed by atoms with van der Waals surface area (Å²) in [6, 6.07) is -0.652. The number of aliphatic carboxylic acids is 1. The molecule has 0 spiro atoms. The van der Waals surface area contributed by atoms with E-state index >= 15 is 0 Å². The normalized spacial score (nSPS) is 12.9. The fourth-order valence-corrected chi connectivity index (χ4v) is 2.10. The number of likely N-dealkylation sites (N-methyl/N-ethyl adjacent to an activating group) is 2. The molecule has 0 aromatic heterocycles. The molecule has 9 heteroatoms. The van der Waals surface area contributed by atoms with Crippen LogP contribution in [0, 0.1) is 0 Å². The van der Waals surface area contributed by atoms with Crippen molar-refractivity contribution < 1.29 is 29.1 Å². The average Bonchev–Trinajstić information content (AvgIpc) is 2.44. The predicted octanol–water partition coefficient (Wildman–Crippen LogP) is -0.438. The van der Waals surface area contributed by atoms with Crippen LogP contribution >= 0.6 is 12.9 Å². The van der Waals surface area contributed by atoms with Crippen molar-refractivity contribution in [1.82, 2.24) is 9.80 Å². The lowest BCUT2D eigenvalue weighted by atomic mass is 10.1. The van der Waals surface area contributed by atoms with Gasteiger partial charge in [0.15, 0.2) is 6.29 Å². The predicted molar refractivity (Wildman–Crippen MR) is 83.3 cm³/mol. The molecule has 0 aliphatic carbocycles. The highest BCUT2D eigenvalue weighted by Crippen LogP contribution is 2.09. The molecule has 8 nitrogen and oxygen atoms in total. The summed E-state index contributed by atoms with van der Waals surface area (Å²) in [5, 5.41) is 26.3. The number of rotatable bonds is 12. The molecule has 1 atom stereocenters. The molecular formula is C13H26N2O6S. The van der Waals surface area contributed by atoms with Crippen molar-refractivity contribution in [2.45, 2.75) is 38.0 Å². The molecule has 0 radical (unpaired) electrons. The van der Waals surface area contributed by atoms with E-state index in [0.29, 0.717) is 32.5 Å². The number of carbonyl (C=O) groups excluding carboxylic acids is 1. The van der Waals surface area contributed by atoms with Crippen LogP contribution in [-0.2, 0) is 13.8 Å². The number of carboxylic acids is 1. The van der Waals surface area contributed by atoms with E-state index in [4.69, 9.17) is 15.3 Å². The molecule has 0 aliphatic rings. The third-order valence-electron chi connectivity index (χ3n) is 3.36. The minimum Gasteiger partial charge on any atom is -0.481 e. The average molecular weight is 338 g/mol. The Hall–Kier alpha value is -0.870. The summed E-state index contributed by atoms with van der Waals surface area (Å²) in [6.45, 7) is 1.90. The summed E-state index contributed by atoms with van der Waals surface area (Å²) in [6.07, 6.45) is -0.290. The van der Waals surface area contributed by atoms with E-state index in [1.807, 2.05) is 11.9 Å². The molecule has 0 aliphatic heterocycles. The fraction of sp³-hybridized carbons (Fsp3) is 0.846. The molecule has 0 fully saturated rings. The molecule has 1 unspecified atom stereocenters. The molecule has 0 saturated carbocycles. The fourth-order valence-electron chi connectivity index (χ4n) is 1.98. The molecule has 0 heterocycles.